The molecule has 0 radical (unpaired) electrons. The van der Waals surface area contributed by atoms with E-state index >= 15 is 0 Å². The maximum Gasteiger partial charge on any atom is 0.243 e. The lowest BCUT2D eigenvalue weighted by Crippen LogP contribution is -2.18. The molecule has 5 nitrogen and oxygen atoms in total. The van der Waals surface area contributed by atoms with Gasteiger partial charge in [0, 0.05) is 19.8 Å². The number of amides is 1. The van der Waals surface area contributed by atoms with Gasteiger partial charge in [-0.15, -0.1) is 0 Å². The van der Waals surface area contributed by atoms with Gasteiger partial charge in [-0.05, 0) is 19.3 Å². The number of carbonyl (C=O) groups excluding carboxylic acids is 1. The zero-order chi connectivity index (χ0) is 11.4. The molecule has 0 fully saturated rings. The van der Waals surface area contributed by atoms with Gasteiger partial charge < -0.3 is 18.3 Å². The van der Waals surface area contributed by atoms with Gasteiger partial charge in [0.1, 0.15) is 29.6 Å². The molecule has 0 aliphatic carbocycles. The molecule has 0 atom stereocenters. The lowest BCUT2D eigenvalue weighted by atomic mass is 10.3. The van der Waals surface area contributed by atoms with Crippen molar-refractivity contribution in [2.45, 2.75) is 19.3 Å². The van der Waals surface area contributed by atoms with Crippen molar-refractivity contribution in [3.8, 4) is 0 Å². The van der Waals surface area contributed by atoms with Crippen LogP contribution in [0, 0.1) is 0 Å². The summed E-state index contributed by atoms with van der Waals surface area (Å²) in [5.74, 6) is -0.435. The van der Waals surface area contributed by atoms with Crippen LogP contribution in [0.1, 0.15) is 19.3 Å². The van der Waals surface area contributed by atoms with Gasteiger partial charge in [-0.25, -0.2) is 0 Å². The Labute approximate surface area is 104 Å². The number of hydrogen-bond acceptors (Lipinski definition) is 4. The van der Waals surface area contributed by atoms with Gasteiger partial charge >= 0.3 is 0 Å². The molecule has 0 aliphatic heterocycles. The molecule has 0 heterocycles. The minimum absolute atomic E-state index is 0.00695. The van der Waals surface area contributed by atoms with Crippen LogP contribution < -0.4 is 5.73 Å². The third-order valence-corrected chi connectivity index (χ3v) is 2.02. The van der Waals surface area contributed by atoms with E-state index in [-0.39, 0.29) is 6.61 Å². The maximum absolute atomic E-state index is 10.3. The number of unbranched alkanes of at least 4 members (excludes halogenated alkanes) is 1. The molecule has 0 unspecified atom stereocenters. The van der Waals surface area contributed by atoms with Crippen LogP contribution in [-0.2, 0) is 17.3 Å². The number of halogens is 1. The van der Waals surface area contributed by atoms with E-state index in [1.807, 2.05) is 23.0 Å². The van der Waals surface area contributed by atoms with E-state index < -0.39 is 5.91 Å². The lowest BCUT2D eigenvalue weighted by Gasteiger charge is -2.04. The maximum atomic E-state index is 10.3. The molecular weight excluding hydrogens is 313 g/mol. The van der Waals surface area contributed by atoms with E-state index in [0.717, 1.165) is 32.5 Å². The molecule has 0 aromatic rings. The van der Waals surface area contributed by atoms with Crippen molar-refractivity contribution in [1.82, 2.24) is 0 Å². The third-order valence-electron chi connectivity index (χ3n) is 1.58. The van der Waals surface area contributed by atoms with E-state index in [4.69, 9.17) is 18.3 Å². The summed E-state index contributed by atoms with van der Waals surface area (Å²) in [5.41, 5.74) is 4.89. The first-order chi connectivity index (χ1) is 7.27. The van der Waals surface area contributed by atoms with Crippen LogP contribution >= 0.6 is 23.0 Å². The van der Waals surface area contributed by atoms with E-state index in [1.165, 1.54) is 0 Å². The first kappa shape index (κ1) is 15.1. The molecule has 0 saturated heterocycles. The Balaban J connectivity index is 2.89. The average Bonchev–Trinajstić information content (AvgIpc) is 2.20. The van der Waals surface area contributed by atoms with Crippen molar-refractivity contribution in [3.05, 3.63) is 0 Å². The topological polar surface area (TPSA) is 70.8 Å². The van der Waals surface area contributed by atoms with Gasteiger partial charge in [0.2, 0.25) is 5.91 Å². The summed E-state index contributed by atoms with van der Waals surface area (Å²) in [6.07, 6.45) is 2.81. The standard InChI is InChI=1S/C9H18INO4/c10-15-7-2-1-4-13-5-3-6-14-8-9(11)12/h1-8H2,(H2,11,12). The third kappa shape index (κ3) is 14.1. The second-order valence-electron chi connectivity index (χ2n) is 3.01. The number of rotatable bonds is 11. The first-order valence-electron chi connectivity index (χ1n) is 4.94. The molecule has 1 amide bonds. The molecule has 0 aliphatic rings. The summed E-state index contributed by atoms with van der Waals surface area (Å²) in [4.78, 5) is 10.3. The molecule has 15 heavy (non-hydrogen) atoms. The normalized spacial score (nSPS) is 10.5. The van der Waals surface area contributed by atoms with E-state index in [0.29, 0.717) is 13.2 Å². The van der Waals surface area contributed by atoms with Crippen LogP contribution in [0.4, 0.5) is 0 Å². The quantitative estimate of drug-likeness (QED) is 0.454. The van der Waals surface area contributed by atoms with Gasteiger partial charge in [0.05, 0.1) is 6.61 Å². The number of hydrogen-bond donors (Lipinski definition) is 1. The smallest absolute Gasteiger partial charge is 0.243 e. The van der Waals surface area contributed by atoms with Gasteiger partial charge in [-0.2, -0.15) is 0 Å². The van der Waals surface area contributed by atoms with Crippen molar-refractivity contribution in [2.24, 2.45) is 5.73 Å². The summed E-state index contributed by atoms with van der Waals surface area (Å²) < 4.78 is 15.2. The van der Waals surface area contributed by atoms with Crippen molar-refractivity contribution in [3.63, 3.8) is 0 Å². The zero-order valence-corrected chi connectivity index (χ0v) is 10.9. The Kier molecular flexibility index (Phi) is 12.2. The lowest BCUT2D eigenvalue weighted by molar-refractivity contribution is -0.122. The summed E-state index contributed by atoms with van der Waals surface area (Å²) in [5, 5.41) is 0. The highest BCUT2D eigenvalue weighted by Gasteiger charge is 1.94. The zero-order valence-electron chi connectivity index (χ0n) is 8.75. The highest BCUT2D eigenvalue weighted by Crippen LogP contribution is 1.95. The predicted octanol–water partition coefficient (Wildman–Crippen LogP) is 1.04. The van der Waals surface area contributed by atoms with Crippen LogP contribution in [0.15, 0.2) is 0 Å². The van der Waals surface area contributed by atoms with Crippen molar-refractivity contribution >= 4 is 28.9 Å². The molecule has 90 valence electrons. The Hall–Kier alpha value is 0.0800. The largest absolute Gasteiger partial charge is 0.381 e. The average molecular weight is 331 g/mol. The number of carbonyl (C=O) groups is 1. The monoisotopic (exact) mass is 331 g/mol. The Bertz CT molecular complexity index is 157. The number of ether oxygens (including phenoxy) is 2. The van der Waals surface area contributed by atoms with Gasteiger partial charge in [0.25, 0.3) is 0 Å². The Morgan fingerprint density at radius 2 is 1.60 bits per heavy atom. The Morgan fingerprint density at radius 1 is 1.00 bits per heavy atom. The summed E-state index contributed by atoms with van der Waals surface area (Å²) in [6.45, 7) is 2.68. The van der Waals surface area contributed by atoms with Crippen LogP contribution in [-0.4, -0.2) is 38.9 Å². The van der Waals surface area contributed by atoms with Crippen LogP contribution in [0.2, 0.25) is 0 Å². The molecule has 6 heteroatoms. The fourth-order valence-corrected chi connectivity index (χ4v) is 1.21. The Morgan fingerprint density at radius 3 is 2.27 bits per heavy atom. The molecule has 0 rings (SSSR count). The minimum Gasteiger partial charge on any atom is -0.381 e. The molecule has 0 spiro atoms. The molecule has 2 N–H and O–H groups in total. The molecule has 0 saturated carbocycles. The van der Waals surface area contributed by atoms with Crippen LogP contribution in [0.25, 0.3) is 0 Å². The highest BCUT2D eigenvalue weighted by atomic mass is 127. The fraction of sp³-hybridized carbons (Fsp3) is 0.889. The predicted molar refractivity (Wildman–Crippen MR) is 64.7 cm³/mol. The van der Waals surface area contributed by atoms with Gasteiger partial charge in [0.15, 0.2) is 0 Å². The SMILES string of the molecule is NC(=O)COCCCOCCCCOI. The van der Waals surface area contributed by atoms with E-state index in [1.54, 1.807) is 0 Å². The summed E-state index contributed by atoms with van der Waals surface area (Å²) >= 11 is 1.88. The summed E-state index contributed by atoms with van der Waals surface area (Å²) in [7, 11) is 0. The minimum atomic E-state index is -0.435. The van der Waals surface area contributed by atoms with Crippen molar-refractivity contribution in [1.29, 1.82) is 0 Å². The molecule has 0 aromatic heterocycles. The molecule has 0 bridgehead atoms. The van der Waals surface area contributed by atoms with Crippen molar-refractivity contribution < 1.29 is 17.3 Å². The van der Waals surface area contributed by atoms with Crippen molar-refractivity contribution in [2.75, 3.05) is 33.0 Å². The highest BCUT2D eigenvalue weighted by molar-refractivity contribution is 14.1. The summed E-state index contributed by atoms with van der Waals surface area (Å²) in [6, 6.07) is 0. The van der Waals surface area contributed by atoms with Gasteiger partial charge in [-0.3, -0.25) is 4.79 Å². The molecular formula is C9H18INO4. The second kappa shape index (κ2) is 12.2. The van der Waals surface area contributed by atoms with E-state index in [2.05, 4.69) is 0 Å². The first-order valence-corrected chi connectivity index (χ1v) is 5.82. The number of primary amides is 1. The van der Waals surface area contributed by atoms with Crippen LogP contribution in [0.3, 0.4) is 0 Å². The van der Waals surface area contributed by atoms with E-state index in [9.17, 15) is 4.79 Å². The van der Waals surface area contributed by atoms with Crippen LogP contribution in [0.5, 0.6) is 0 Å². The number of nitrogens with two attached hydrogens (primary N) is 1. The second-order valence-corrected chi connectivity index (χ2v) is 3.63. The van der Waals surface area contributed by atoms with Gasteiger partial charge in [-0.1, -0.05) is 0 Å². The fourth-order valence-electron chi connectivity index (χ4n) is 0.899. The molecule has 0 aromatic carbocycles.